The van der Waals surface area contributed by atoms with Crippen molar-refractivity contribution in [1.29, 1.82) is 0 Å². The molecule has 5 heteroatoms. The summed E-state index contributed by atoms with van der Waals surface area (Å²) in [5.41, 5.74) is 3.07. The summed E-state index contributed by atoms with van der Waals surface area (Å²) in [4.78, 5) is 4.13. The molecule has 0 aliphatic carbocycles. The van der Waals surface area contributed by atoms with Gasteiger partial charge in [-0.1, -0.05) is 57.3 Å². The third-order valence-corrected chi connectivity index (χ3v) is 5.28. The van der Waals surface area contributed by atoms with Gasteiger partial charge in [0.1, 0.15) is 0 Å². The van der Waals surface area contributed by atoms with E-state index in [2.05, 4.69) is 33.0 Å². The summed E-state index contributed by atoms with van der Waals surface area (Å²) in [6, 6.07) is 17.4. The molecule has 2 nitrogen and oxygen atoms in total. The third-order valence-electron chi connectivity index (χ3n) is 4.31. The van der Waals surface area contributed by atoms with Crippen molar-refractivity contribution in [3.05, 3.63) is 98.2 Å². The van der Waals surface area contributed by atoms with E-state index in [9.17, 15) is 5.11 Å². The average Bonchev–Trinajstić information content (AvgIpc) is 2.61. The van der Waals surface area contributed by atoms with E-state index in [1.54, 1.807) is 18.5 Å². The molecule has 1 heterocycles. The second-order valence-corrected chi connectivity index (χ2v) is 8.06. The summed E-state index contributed by atoms with van der Waals surface area (Å²) in [5, 5.41) is 12.1. The van der Waals surface area contributed by atoms with Crippen molar-refractivity contribution in [2.24, 2.45) is 0 Å². The molecule has 0 unspecified atom stereocenters. The van der Waals surface area contributed by atoms with Crippen molar-refractivity contribution in [1.82, 2.24) is 4.98 Å². The predicted molar refractivity (Wildman–Crippen MR) is 111 cm³/mol. The standard InChI is InChI=1S/C21H18BrCl2NO/c22-17-5-3-14(4-6-17)8-20(16-10-18(23)12-19(24)11-16)21(26)9-15-2-1-7-25-13-15/h1-7,10-13,20-21,26H,8-9H2/t20-,21-/m0/s1. The van der Waals surface area contributed by atoms with Crippen LogP contribution < -0.4 is 0 Å². The van der Waals surface area contributed by atoms with Gasteiger partial charge in [0.15, 0.2) is 0 Å². The van der Waals surface area contributed by atoms with Crippen LogP contribution in [0.15, 0.2) is 71.5 Å². The first kappa shape index (κ1) is 19.4. The highest BCUT2D eigenvalue weighted by molar-refractivity contribution is 9.10. The SMILES string of the molecule is O[C@@H](Cc1cccnc1)[C@@H](Cc1ccc(Br)cc1)c1cc(Cl)cc(Cl)c1. The summed E-state index contributed by atoms with van der Waals surface area (Å²) in [7, 11) is 0. The largest absolute Gasteiger partial charge is 0.392 e. The van der Waals surface area contributed by atoms with Gasteiger partial charge in [-0.2, -0.15) is 0 Å². The van der Waals surface area contributed by atoms with E-state index in [1.807, 2.05) is 36.4 Å². The Morgan fingerprint density at radius 2 is 1.62 bits per heavy atom. The maximum absolute atomic E-state index is 11.0. The normalized spacial score (nSPS) is 13.4. The second kappa shape index (κ2) is 9.01. The van der Waals surface area contributed by atoms with Crippen molar-refractivity contribution in [3.63, 3.8) is 0 Å². The Balaban J connectivity index is 1.90. The lowest BCUT2D eigenvalue weighted by molar-refractivity contribution is 0.142. The first-order valence-electron chi connectivity index (χ1n) is 8.28. The van der Waals surface area contributed by atoms with E-state index < -0.39 is 6.10 Å². The zero-order chi connectivity index (χ0) is 18.5. The Morgan fingerprint density at radius 3 is 2.23 bits per heavy atom. The van der Waals surface area contributed by atoms with Crippen LogP contribution in [0.3, 0.4) is 0 Å². The minimum atomic E-state index is -0.586. The average molecular weight is 451 g/mol. The van der Waals surface area contributed by atoms with Gasteiger partial charge in [0.25, 0.3) is 0 Å². The fraction of sp³-hybridized carbons (Fsp3) is 0.190. The quantitative estimate of drug-likeness (QED) is 0.493. The van der Waals surface area contributed by atoms with Crippen LogP contribution in [0.2, 0.25) is 10.0 Å². The van der Waals surface area contributed by atoms with Gasteiger partial charge < -0.3 is 5.11 Å². The highest BCUT2D eigenvalue weighted by Crippen LogP contribution is 2.31. The van der Waals surface area contributed by atoms with Crippen molar-refractivity contribution >= 4 is 39.1 Å². The third kappa shape index (κ3) is 5.31. The van der Waals surface area contributed by atoms with Gasteiger partial charge in [-0.25, -0.2) is 0 Å². The molecule has 0 fully saturated rings. The minimum absolute atomic E-state index is 0.132. The molecule has 2 atom stereocenters. The molecule has 0 amide bonds. The monoisotopic (exact) mass is 449 g/mol. The fourth-order valence-electron chi connectivity index (χ4n) is 3.04. The molecule has 2 aromatic carbocycles. The van der Waals surface area contributed by atoms with E-state index in [4.69, 9.17) is 23.2 Å². The Hall–Kier alpha value is -1.39. The molecule has 0 aliphatic heterocycles. The zero-order valence-electron chi connectivity index (χ0n) is 13.9. The Morgan fingerprint density at radius 1 is 0.923 bits per heavy atom. The van der Waals surface area contributed by atoms with Crippen LogP contribution in [0, 0.1) is 0 Å². The van der Waals surface area contributed by atoms with Crippen LogP contribution in [0.4, 0.5) is 0 Å². The fourth-order valence-corrected chi connectivity index (χ4v) is 3.85. The van der Waals surface area contributed by atoms with E-state index in [1.165, 1.54) is 0 Å². The molecule has 0 saturated heterocycles. The summed E-state index contributed by atoms with van der Waals surface area (Å²) in [6.45, 7) is 0. The molecule has 3 rings (SSSR count). The number of aromatic nitrogens is 1. The van der Waals surface area contributed by atoms with Gasteiger partial charge in [-0.3, -0.25) is 4.98 Å². The van der Waals surface area contributed by atoms with Gasteiger partial charge >= 0.3 is 0 Å². The number of rotatable bonds is 6. The topological polar surface area (TPSA) is 33.1 Å². The first-order chi connectivity index (χ1) is 12.5. The molecule has 3 aromatic rings. The van der Waals surface area contributed by atoms with Crippen molar-refractivity contribution in [2.45, 2.75) is 24.9 Å². The van der Waals surface area contributed by atoms with E-state index in [-0.39, 0.29) is 5.92 Å². The molecule has 134 valence electrons. The lowest BCUT2D eigenvalue weighted by Gasteiger charge is -2.24. The first-order valence-corrected chi connectivity index (χ1v) is 9.83. The van der Waals surface area contributed by atoms with Crippen molar-refractivity contribution in [2.75, 3.05) is 0 Å². The Bertz CT molecular complexity index is 835. The summed E-state index contributed by atoms with van der Waals surface area (Å²) < 4.78 is 1.03. The molecule has 1 N–H and O–H groups in total. The molecule has 0 radical (unpaired) electrons. The predicted octanol–water partition coefficient (Wildman–Crippen LogP) is 6.08. The van der Waals surface area contributed by atoms with Gasteiger partial charge in [0, 0.05) is 39.3 Å². The number of hydrogen-bond acceptors (Lipinski definition) is 2. The summed E-state index contributed by atoms with van der Waals surface area (Å²) in [5.74, 6) is -0.132. The van der Waals surface area contributed by atoms with E-state index in [0.29, 0.717) is 22.9 Å². The van der Waals surface area contributed by atoms with Gasteiger partial charge in [-0.15, -0.1) is 0 Å². The van der Waals surface area contributed by atoms with Gasteiger partial charge in [0.2, 0.25) is 0 Å². The molecular formula is C21H18BrCl2NO. The summed E-state index contributed by atoms with van der Waals surface area (Å²) in [6.07, 6.45) is 4.12. The van der Waals surface area contributed by atoms with Crippen LogP contribution in [-0.4, -0.2) is 16.2 Å². The Kier molecular flexibility index (Phi) is 6.71. The lowest BCUT2D eigenvalue weighted by Crippen LogP contribution is -2.23. The number of aliphatic hydroxyl groups is 1. The molecule has 0 bridgehead atoms. The minimum Gasteiger partial charge on any atom is -0.392 e. The maximum Gasteiger partial charge on any atom is 0.0652 e. The van der Waals surface area contributed by atoms with E-state index >= 15 is 0 Å². The van der Waals surface area contributed by atoms with Crippen LogP contribution in [-0.2, 0) is 12.8 Å². The second-order valence-electron chi connectivity index (χ2n) is 6.27. The molecule has 0 saturated carbocycles. The molecule has 0 aliphatic rings. The van der Waals surface area contributed by atoms with Crippen LogP contribution >= 0.6 is 39.1 Å². The van der Waals surface area contributed by atoms with Gasteiger partial charge in [-0.05, 0) is 59.5 Å². The zero-order valence-corrected chi connectivity index (χ0v) is 17.0. The highest BCUT2D eigenvalue weighted by atomic mass is 79.9. The van der Waals surface area contributed by atoms with Crippen LogP contribution in [0.25, 0.3) is 0 Å². The maximum atomic E-state index is 11.0. The molecule has 26 heavy (non-hydrogen) atoms. The smallest absolute Gasteiger partial charge is 0.0652 e. The van der Waals surface area contributed by atoms with Crippen molar-refractivity contribution in [3.8, 4) is 0 Å². The molecule has 1 aromatic heterocycles. The molecule has 0 spiro atoms. The number of aliphatic hydroxyl groups excluding tert-OH is 1. The lowest BCUT2D eigenvalue weighted by atomic mass is 9.85. The van der Waals surface area contributed by atoms with E-state index in [0.717, 1.165) is 21.2 Å². The number of hydrogen-bond donors (Lipinski definition) is 1. The number of halogens is 3. The number of benzene rings is 2. The van der Waals surface area contributed by atoms with Crippen molar-refractivity contribution < 1.29 is 5.11 Å². The van der Waals surface area contributed by atoms with Crippen LogP contribution in [0.1, 0.15) is 22.6 Å². The number of nitrogens with zero attached hydrogens (tertiary/aromatic N) is 1. The highest BCUT2D eigenvalue weighted by Gasteiger charge is 2.23. The van der Waals surface area contributed by atoms with Crippen LogP contribution in [0.5, 0.6) is 0 Å². The van der Waals surface area contributed by atoms with Gasteiger partial charge in [0.05, 0.1) is 6.10 Å². The Labute approximate surface area is 171 Å². The number of pyridine rings is 1. The molecular weight excluding hydrogens is 433 g/mol. The summed E-state index contributed by atoms with van der Waals surface area (Å²) >= 11 is 15.9.